The molecule has 0 spiro atoms. The van der Waals surface area contributed by atoms with Crippen molar-refractivity contribution in [3.8, 4) is 11.3 Å². The first-order valence-corrected chi connectivity index (χ1v) is 12.9. The number of nitrogens with zero attached hydrogens (tertiary/aromatic N) is 3. The predicted octanol–water partition coefficient (Wildman–Crippen LogP) is 4.66. The molecule has 1 aliphatic heterocycles. The minimum absolute atomic E-state index is 0.0123. The molecule has 2 aromatic carbocycles. The Bertz CT molecular complexity index is 1630. The van der Waals surface area contributed by atoms with Crippen molar-refractivity contribution in [3.63, 3.8) is 0 Å². The number of fused-ring (bicyclic) bond motifs is 1. The van der Waals surface area contributed by atoms with Crippen LogP contribution < -0.4 is 4.72 Å². The molecule has 3 heterocycles. The Morgan fingerprint density at radius 3 is 2.70 bits per heavy atom. The predicted molar refractivity (Wildman–Crippen MR) is 135 cm³/mol. The number of methoxy groups -OCH3 is 1. The van der Waals surface area contributed by atoms with Gasteiger partial charge in [0.15, 0.2) is 0 Å². The van der Waals surface area contributed by atoms with Gasteiger partial charge in [-0.1, -0.05) is 12.1 Å². The van der Waals surface area contributed by atoms with Crippen LogP contribution in [-0.4, -0.2) is 43.5 Å². The normalized spacial score (nSPS) is 14.1. The van der Waals surface area contributed by atoms with E-state index in [2.05, 4.69) is 20.9 Å². The number of nitrogens with one attached hydrogen (secondary N) is 1. The molecular formula is C26H24F2N4O4S. The van der Waals surface area contributed by atoms with Crippen molar-refractivity contribution in [2.75, 3.05) is 25.0 Å². The SMILES string of the molecule is COCc1ncc(-c2c3ccc(C4=CCOCC4)cc3nn2C)cc1NS(=O)(=O)c1ccc(F)cc1F. The molecule has 0 saturated heterocycles. The van der Waals surface area contributed by atoms with Crippen LogP contribution in [0, 0.1) is 11.6 Å². The van der Waals surface area contributed by atoms with Crippen LogP contribution in [0.2, 0.25) is 0 Å². The van der Waals surface area contributed by atoms with Gasteiger partial charge in [0.2, 0.25) is 0 Å². The van der Waals surface area contributed by atoms with E-state index in [9.17, 15) is 17.2 Å². The van der Waals surface area contributed by atoms with Gasteiger partial charge in [0.1, 0.15) is 16.5 Å². The Hall–Kier alpha value is -3.67. The van der Waals surface area contributed by atoms with Gasteiger partial charge in [-0.25, -0.2) is 17.2 Å². The molecule has 37 heavy (non-hydrogen) atoms. The van der Waals surface area contributed by atoms with E-state index in [4.69, 9.17) is 9.47 Å². The van der Waals surface area contributed by atoms with Crippen LogP contribution in [0.4, 0.5) is 14.5 Å². The van der Waals surface area contributed by atoms with Crippen molar-refractivity contribution in [2.24, 2.45) is 7.05 Å². The number of hydrogen-bond donors (Lipinski definition) is 1. The summed E-state index contributed by atoms with van der Waals surface area (Å²) in [6.45, 7) is 1.27. The third-order valence-corrected chi connectivity index (χ3v) is 7.52. The van der Waals surface area contributed by atoms with E-state index in [-0.39, 0.29) is 12.3 Å². The Labute approximate surface area is 212 Å². The summed E-state index contributed by atoms with van der Waals surface area (Å²) < 4.78 is 68.2. The third kappa shape index (κ3) is 4.97. The number of aromatic nitrogens is 3. The van der Waals surface area contributed by atoms with E-state index in [0.717, 1.165) is 40.7 Å². The average Bonchev–Trinajstić information content (AvgIpc) is 3.20. The highest BCUT2D eigenvalue weighted by Gasteiger charge is 2.23. The van der Waals surface area contributed by atoms with Crippen LogP contribution in [0.15, 0.2) is 59.6 Å². The summed E-state index contributed by atoms with van der Waals surface area (Å²) in [6.07, 6.45) is 4.50. The highest BCUT2D eigenvalue weighted by atomic mass is 32.2. The number of aryl methyl sites for hydroxylation is 1. The van der Waals surface area contributed by atoms with E-state index >= 15 is 0 Å². The molecule has 0 aliphatic carbocycles. The lowest BCUT2D eigenvalue weighted by molar-refractivity contribution is 0.161. The van der Waals surface area contributed by atoms with Crippen molar-refractivity contribution in [1.82, 2.24) is 14.8 Å². The first-order valence-electron chi connectivity index (χ1n) is 11.5. The van der Waals surface area contributed by atoms with Gasteiger partial charge in [-0.15, -0.1) is 0 Å². The molecule has 1 N–H and O–H groups in total. The molecule has 1 aliphatic rings. The second kappa shape index (κ2) is 10.0. The van der Waals surface area contributed by atoms with Gasteiger partial charge >= 0.3 is 0 Å². The largest absolute Gasteiger partial charge is 0.378 e. The maximum Gasteiger partial charge on any atom is 0.264 e. The highest BCUT2D eigenvalue weighted by Crippen LogP contribution is 2.33. The Morgan fingerprint density at radius 2 is 1.97 bits per heavy atom. The quantitative estimate of drug-likeness (QED) is 0.376. The molecule has 0 amide bonds. The first-order chi connectivity index (χ1) is 17.8. The standard InChI is InChI=1S/C26H24F2N4O4S/c1-32-26(20-5-3-17(11-22(20)30-32)16-7-9-36-10-8-16)18-12-23(24(15-35-2)29-14-18)31-37(33,34)25-6-4-19(27)13-21(25)28/h3-7,11-14,31H,8-10,15H2,1-2H3. The monoisotopic (exact) mass is 526 g/mol. The molecule has 4 aromatic rings. The lowest BCUT2D eigenvalue weighted by atomic mass is 9.99. The van der Waals surface area contributed by atoms with Crippen molar-refractivity contribution < 1.29 is 26.7 Å². The van der Waals surface area contributed by atoms with Crippen LogP contribution in [0.1, 0.15) is 17.7 Å². The van der Waals surface area contributed by atoms with E-state index in [0.29, 0.717) is 30.5 Å². The second-order valence-corrected chi connectivity index (χ2v) is 10.2. The van der Waals surface area contributed by atoms with Gasteiger partial charge in [0.05, 0.1) is 42.4 Å². The first kappa shape index (κ1) is 25.0. The number of ether oxygens (including phenoxy) is 2. The molecule has 0 saturated carbocycles. The molecule has 0 fully saturated rings. The van der Waals surface area contributed by atoms with Gasteiger partial charge in [0, 0.05) is 37.4 Å². The molecule has 5 rings (SSSR count). The maximum atomic E-state index is 14.3. The number of benzene rings is 2. The van der Waals surface area contributed by atoms with Crippen LogP contribution >= 0.6 is 0 Å². The minimum atomic E-state index is -4.38. The molecule has 192 valence electrons. The zero-order valence-electron chi connectivity index (χ0n) is 20.2. The number of halogens is 2. The zero-order chi connectivity index (χ0) is 26.2. The maximum absolute atomic E-state index is 14.3. The summed E-state index contributed by atoms with van der Waals surface area (Å²) in [5.41, 5.74) is 4.80. The van der Waals surface area contributed by atoms with Crippen LogP contribution in [0.3, 0.4) is 0 Å². The lowest BCUT2D eigenvalue weighted by Gasteiger charge is -2.14. The van der Waals surface area contributed by atoms with Gasteiger partial charge in [-0.2, -0.15) is 5.10 Å². The summed E-state index contributed by atoms with van der Waals surface area (Å²) >= 11 is 0. The summed E-state index contributed by atoms with van der Waals surface area (Å²) in [7, 11) is -1.14. The number of sulfonamides is 1. The minimum Gasteiger partial charge on any atom is -0.378 e. The second-order valence-electron chi connectivity index (χ2n) is 8.59. The van der Waals surface area contributed by atoms with Crippen molar-refractivity contribution >= 4 is 32.2 Å². The molecule has 0 atom stereocenters. The van der Waals surface area contributed by atoms with Gasteiger partial charge < -0.3 is 9.47 Å². The van der Waals surface area contributed by atoms with Crippen LogP contribution in [0.5, 0.6) is 0 Å². The van der Waals surface area contributed by atoms with Gasteiger partial charge in [0.25, 0.3) is 10.0 Å². The van der Waals surface area contributed by atoms with E-state index in [1.54, 1.807) is 24.0 Å². The zero-order valence-corrected chi connectivity index (χ0v) is 21.0. The fourth-order valence-electron chi connectivity index (χ4n) is 4.39. The van der Waals surface area contributed by atoms with E-state index in [1.165, 1.54) is 12.7 Å². The number of rotatable bonds is 7. The van der Waals surface area contributed by atoms with Crippen molar-refractivity contribution in [1.29, 1.82) is 0 Å². The van der Waals surface area contributed by atoms with Crippen LogP contribution in [-0.2, 0) is 33.2 Å². The molecule has 0 radical (unpaired) electrons. The van der Waals surface area contributed by atoms with Gasteiger partial charge in [-0.05, 0) is 47.9 Å². The number of pyridine rings is 1. The number of anilines is 1. The fraction of sp³-hybridized carbons (Fsp3) is 0.231. The van der Waals surface area contributed by atoms with E-state index in [1.807, 2.05) is 18.2 Å². The van der Waals surface area contributed by atoms with Crippen molar-refractivity contribution in [2.45, 2.75) is 17.9 Å². The molecule has 0 unspecified atom stereocenters. The lowest BCUT2D eigenvalue weighted by Crippen LogP contribution is -2.17. The highest BCUT2D eigenvalue weighted by molar-refractivity contribution is 7.92. The van der Waals surface area contributed by atoms with E-state index < -0.39 is 26.6 Å². The summed E-state index contributed by atoms with van der Waals surface area (Å²) in [5, 5.41) is 5.52. The third-order valence-electron chi connectivity index (χ3n) is 6.12. The summed E-state index contributed by atoms with van der Waals surface area (Å²) in [4.78, 5) is 3.73. The molecular weight excluding hydrogens is 502 g/mol. The molecule has 0 bridgehead atoms. The van der Waals surface area contributed by atoms with Gasteiger partial charge in [-0.3, -0.25) is 14.4 Å². The van der Waals surface area contributed by atoms with Crippen LogP contribution in [0.25, 0.3) is 27.7 Å². The Kier molecular flexibility index (Phi) is 6.76. The topological polar surface area (TPSA) is 95.3 Å². The Morgan fingerprint density at radius 1 is 1.14 bits per heavy atom. The summed E-state index contributed by atoms with van der Waals surface area (Å²) in [6, 6.07) is 9.90. The number of hydrogen-bond acceptors (Lipinski definition) is 6. The fourth-order valence-corrected chi connectivity index (χ4v) is 5.53. The molecule has 8 nitrogen and oxygen atoms in total. The smallest absolute Gasteiger partial charge is 0.264 e. The molecule has 2 aromatic heterocycles. The average molecular weight is 527 g/mol. The molecule has 11 heteroatoms. The summed E-state index contributed by atoms with van der Waals surface area (Å²) in [5.74, 6) is -2.07. The Balaban J connectivity index is 1.56. The van der Waals surface area contributed by atoms with Crippen molar-refractivity contribution in [3.05, 3.63) is 77.6 Å².